The monoisotopic (exact) mass is 612 g/mol. The van der Waals surface area contributed by atoms with Crippen molar-refractivity contribution in [1.29, 1.82) is 0 Å². The number of amides is 4. The third kappa shape index (κ3) is 7.90. The van der Waals surface area contributed by atoms with Crippen LogP contribution in [0.5, 0.6) is 0 Å². The molecular formula is C29H36N6O5S2. The number of nitrogens with zero attached hydrogens (tertiary/aromatic N) is 3. The van der Waals surface area contributed by atoms with Gasteiger partial charge in [0.15, 0.2) is 11.3 Å². The topological polar surface area (TPSA) is 133 Å². The Morgan fingerprint density at radius 2 is 1.90 bits per heavy atom. The van der Waals surface area contributed by atoms with Gasteiger partial charge in [0, 0.05) is 23.4 Å². The standard InChI is InChI=1S/C29H36N6O5S2/c1-18(2)12-23(31-28(39)40-15-20-6-4-3-5-7-20)24-17-41-26(30-24)25(37)32-33-27(38)35-22(14-36)16-42-29(35)34(21-10-11-21)13-19-8-9-19/h3-7,14,16-19,21,23,29H,8-13,15H2,1-2H3,(H,31,39)(H,32,37)(H,33,38). The van der Waals surface area contributed by atoms with E-state index in [-0.39, 0.29) is 28.7 Å². The minimum atomic E-state index is -0.591. The molecule has 0 radical (unpaired) electrons. The summed E-state index contributed by atoms with van der Waals surface area (Å²) in [6.07, 6.45) is 5.22. The van der Waals surface area contributed by atoms with E-state index in [0.29, 0.717) is 30.4 Å². The minimum absolute atomic E-state index is 0.130. The fraction of sp³-hybridized carbons (Fsp3) is 0.483. The lowest BCUT2D eigenvalue weighted by Gasteiger charge is -2.35. The largest absolute Gasteiger partial charge is 0.445 e. The van der Waals surface area contributed by atoms with Crippen LogP contribution >= 0.6 is 23.1 Å². The van der Waals surface area contributed by atoms with Gasteiger partial charge in [0.25, 0.3) is 5.91 Å². The van der Waals surface area contributed by atoms with Gasteiger partial charge < -0.3 is 10.1 Å². The summed E-state index contributed by atoms with van der Waals surface area (Å²) in [4.78, 5) is 58.6. The molecule has 2 unspecified atom stereocenters. The van der Waals surface area contributed by atoms with E-state index in [1.807, 2.05) is 44.2 Å². The Bertz CT molecular complexity index is 1310. The number of allylic oxidation sites excluding steroid dienone is 1. The van der Waals surface area contributed by atoms with Crippen molar-refractivity contribution < 1.29 is 23.9 Å². The molecule has 13 heteroatoms. The second kappa shape index (κ2) is 13.7. The van der Waals surface area contributed by atoms with Gasteiger partial charge in [0.1, 0.15) is 12.1 Å². The number of thioether (sulfide) groups is 1. The first kappa shape index (κ1) is 30.1. The number of ether oxygens (including phenoxy) is 1. The zero-order valence-electron chi connectivity index (χ0n) is 23.7. The van der Waals surface area contributed by atoms with E-state index in [1.54, 1.807) is 10.8 Å². The van der Waals surface area contributed by atoms with Crippen LogP contribution in [0.1, 0.15) is 73.1 Å². The molecule has 1 aliphatic heterocycles. The number of nitrogens with one attached hydrogen (secondary N) is 3. The number of carbonyl (C=O) groups is 4. The number of aldehydes is 1. The molecule has 5 rings (SSSR count). The second-order valence-electron chi connectivity index (χ2n) is 11.2. The number of hydrazine groups is 1. The fourth-order valence-corrected chi connectivity index (χ4v) is 6.68. The van der Waals surface area contributed by atoms with Gasteiger partial charge in [-0.1, -0.05) is 55.9 Å². The van der Waals surface area contributed by atoms with Crippen LogP contribution in [0.2, 0.25) is 0 Å². The van der Waals surface area contributed by atoms with E-state index in [0.717, 1.165) is 36.3 Å². The molecule has 0 bridgehead atoms. The molecular weight excluding hydrogens is 576 g/mol. The van der Waals surface area contributed by atoms with Crippen LogP contribution in [0.3, 0.4) is 0 Å². The Morgan fingerprint density at radius 3 is 2.57 bits per heavy atom. The van der Waals surface area contributed by atoms with Crippen molar-refractivity contribution in [3.63, 3.8) is 0 Å². The Labute approximate surface area is 253 Å². The number of thiazole rings is 1. The van der Waals surface area contributed by atoms with Crippen molar-refractivity contribution in [3.8, 4) is 0 Å². The highest BCUT2D eigenvalue weighted by molar-refractivity contribution is 8.02. The van der Waals surface area contributed by atoms with Gasteiger partial charge in [-0.3, -0.25) is 24.8 Å². The number of aromatic nitrogens is 1. The molecule has 11 nitrogen and oxygen atoms in total. The lowest BCUT2D eigenvalue weighted by Crippen LogP contribution is -2.54. The van der Waals surface area contributed by atoms with Gasteiger partial charge in [0.05, 0.1) is 17.4 Å². The van der Waals surface area contributed by atoms with Gasteiger partial charge in [-0.05, 0) is 49.5 Å². The predicted molar refractivity (Wildman–Crippen MR) is 160 cm³/mol. The van der Waals surface area contributed by atoms with Crippen molar-refractivity contribution in [2.24, 2.45) is 11.8 Å². The van der Waals surface area contributed by atoms with Crippen molar-refractivity contribution in [1.82, 2.24) is 31.0 Å². The first-order valence-electron chi connectivity index (χ1n) is 14.2. The third-order valence-corrected chi connectivity index (χ3v) is 9.14. The molecule has 1 aromatic heterocycles. The molecule has 0 spiro atoms. The minimum Gasteiger partial charge on any atom is -0.445 e. The number of carbonyl (C=O) groups excluding carboxylic acids is 4. The summed E-state index contributed by atoms with van der Waals surface area (Å²) in [5.74, 6) is 0.283. The van der Waals surface area contributed by atoms with Crippen LogP contribution in [-0.2, 0) is 16.1 Å². The average molecular weight is 613 g/mol. The van der Waals surface area contributed by atoms with Gasteiger partial charge in [0.2, 0.25) is 0 Å². The second-order valence-corrected chi connectivity index (χ2v) is 13.0. The summed E-state index contributed by atoms with van der Waals surface area (Å²) in [7, 11) is 0. The van der Waals surface area contributed by atoms with Crippen LogP contribution in [-0.4, -0.2) is 57.2 Å². The summed E-state index contributed by atoms with van der Waals surface area (Å²) in [6, 6.07) is 8.76. The van der Waals surface area contributed by atoms with E-state index in [2.05, 4.69) is 26.1 Å². The molecule has 2 aromatic rings. The molecule has 224 valence electrons. The lowest BCUT2D eigenvalue weighted by atomic mass is 10.0. The third-order valence-electron chi connectivity index (χ3n) is 7.18. The van der Waals surface area contributed by atoms with Crippen LogP contribution in [0.15, 0.2) is 46.8 Å². The SMILES string of the molecule is CC(C)CC(NC(=O)OCc1ccccc1)c1csc(C(=O)NNC(=O)N2C(C=O)=CSC2N(CC2CC2)C2CC2)n1. The van der Waals surface area contributed by atoms with E-state index in [9.17, 15) is 19.2 Å². The van der Waals surface area contributed by atoms with E-state index in [1.165, 1.54) is 29.5 Å². The molecule has 3 aliphatic rings. The highest BCUT2D eigenvalue weighted by Crippen LogP contribution is 2.42. The van der Waals surface area contributed by atoms with Gasteiger partial charge in [-0.2, -0.15) is 0 Å². The zero-order chi connectivity index (χ0) is 29.6. The maximum absolute atomic E-state index is 13.2. The summed E-state index contributed by atoms with van der Waals surface area (Å²) in [5.41, 5.74) is 6.24. The van der Waals surface area contributed by atoms with Crippen molar-refractivity contribution in [2.45, 2.75) is 70.1 Å². The molecule has 2 fully saturated rings. The smallest absolute Gasteiger partial charge is 0.408 e. The Balaban J connectivity index is 1.18. The molecule has 4 amide bonds. The number of benzene rings is 1. The molecule has 0 saturated heterocycles. The highest BCUT2D eigenvalue weighted by Gasteiger charge is 2.44. The zero-order valence-corrected chi connectivity index (χ0v) is 25.3. The van der Waals surface area contributed by atoms with E-state index in [4.69, 9.17) is 4.74 Å². The summed E-state index contributed by atoms with van der Waals surface area (Å²) < 4.78 is 5.38. The van der Waals surface area contributed by atoms with E-state index < -0.39 is 24.1 Å². The number of rotatable bonds is 12. The summed E-state index contributed by atoms with van der Waals surface area (Å²) >= 11 is 2.55. The average Bonchev–Trinajstić information content (AvgIpc) is 3.90. The number of alkyl carbamates (subject to hydrolysis) is 1. The van der Waals surface area contributed by atoms with Crippen molar-refractivity contribution in [2.75, 3.05) is 6.54 Å². The fourth-order valence-electron chi connectivity index (χ4n) is 4.74. The number of urea groups is 1. The van der Waals surface area contributed by atoms with Crippen LogP contribution in [0.25, 0.3) is 0 Å². The Kier molecular flexibility index (Phi) is 9.80. The predicted octanol–water partition coefficient (Wildman–Crippen LogP) is 4.76. The number of hydrogen-bond acceptors (Lipinski definition) is 9. The molecule has 2 aliphatic carbocycles. The maximum atomic E-state index is 13.2. The molecule has 42 heavy (non-hydrogen) atoms. The maximum Gasteiger partial charge on any atom is 0.408 e. The van der Waals surface area contributed by atoms with Crippen LogP contribution in [0.4, 0.5) is 9.59 Å². The van der Waals surface area contributed by atoms with Crippen LogP contribution < -0.4 is 16.2 Å². The Hall–Kier alpha value is -3.42. The van der Waals surface area contributed by atoms with Crippen molar-refractivity contribution in [3.05, 3.63) is 63.1 Å². The van der Waals surface area contributed by atoms with Gasteiger partial charge >= 0.3 is 12.1 Å². The van der Waals surface area contributed by atoms with Gasteiger partial charge in [-0.25, -0.2) is 20.0 Å². The van der Waals surface area contributed by atoms with Crippen LogP contribution in [0, 0.1) is 11.8 Å². The molecule has 2 saturated carbocycles. The van der Waals surface area contributed by atoms with E-state index >= 15 is 0 Å². The molecule has 3 N–H and O–H groups in total. The quantitative estimate of drug-likeness (QED) is 0.231. The summed E-state index contributed by atoms with van der Waals surface area (Å²) in [5, 5.41) is 6.40. The highest BCUT2D eigenvalue weighted by atomic mass is 32.2. The lowest BCUT2D eigenvalue weighted by molar-refractivity contribution is -0.106. The first-order valence-corrected chi connectivity index (χ1v) is 16.0. The first-order chi connectivity index (χ1) is 20.3. The number of hydrogen-bond donors (Lipinski definition) is 3. The molecule has 2 atom stereocenters. The molecule has 1 aromatic carbocycles. The van der Waals surface area contributed by atoms with Crippen molar-refractivity contribution >= 4 is 47.4 Å². The molecule has 2 heterocycles. The van der Waals surface area contributed by atoms with Gasteiger partial charge in [-0.15, -0.1) is 11.3 Å². The summed E-state index contributed by atoms with van der Waals surface area (Å²) in [6.45, 7) is 5.09. The normalized spacial score (nSPS) is 18.9. The Morgan fingerprint density at radius 1 is 1.14 bits per heavy atom.